The minimum absolute atomic E-state index is 0.152. The summed E-state index contributed by atoms with van der Waals surface area (Å²) in [5.41, 5.74) is 7.64. The first-order chi connectivity index (χ1) is 17.6. The van der Waals surface area contributed by atoms with Crippen LogP contribution in [0.25, 0.3) is 0 Å². The first-order valence-corrected chi connectivity index (χ1v) is 13.5. The van der Waals surface area contributed by atoms with Crippen molar-refractivity contribution in [3.63, 3.8) is 0 Å². The lowest BCUT2D eigenvalue weighted by Gasteiger charge is -2.28. The van der Waals surface area contributed by atoms with Crippen molar-refractivity contribution in [1.29, 1.82) is 5.26 Å². The fraction of sp³-hybridized carbons (Fsp3) is 0.414. The summed E-state index contributed by atoms with van der Waals surface area (Å²) in [6.45, 7) is 7.70. The summed E-state index contributed by atoms with van der Waals surface area (Å²) in [7, 11) is 0. The van der Waals surface area contributed by atoms with Gasteiger partial charge in [0.1, 0.15) is 30.8 Å². The normalized spacial score (nSPS) is 13.0. The Hall–Kier alpha value is -3.15. The zero-order valence-electron chi connectivity index (χ0n) is 22.2. The summed E-state index contributed by atoms with van der Waals surface area (Å²) in [5, 5.41) is 10.6. The summed E-state index contributed by atoms with van der Waals surface area (Å²) in [6.07, 6.45) is 5.25. The van der Waals surface area contributed by atoms with Crippen LogP contribution in [-0.4, -0.2) is 35.0 Å². The Balaban J connectivity index is 1.84. The quantitative estimate of drug-likeness (QED) is 0.230. The molecule has 0 amide bonds. The topological polar surface area (TPSA) is 94.0 Å². The summed E-state index contributed by atoms with van der Waals surface area (Å²) < 4.78 is 26.2. The van der Waals surface area contributed by atoms with Gasteiger partial charge >= 0.3 is 0 Å². The van der Waals surface area contributed by atoms with Gasteiger partial charge in [-0.1, -0.05) is 57.2 Å². The molecule has 0 saturated heterocycles. The van der Waals surface area contributed by atoms with E-state index in [2.05, 4.69) is 42.9 Å². The lowest BCUT2D eigenvalue weighted by atomic mass is 9.76. The van der Waals surface area contributed by atoms with Crippen LogP contribution in [0, 0.1) is 11.3 Å². The van der Waals surface area contributed by atoms with E-state index in [0.717, 1.165) is 34.6 Å². The maximum absolute atomic E-state index is 14.4. The molecule has 3 rings (SSSR count). The standard InChI is InChI=1S/C29H35FN4O2S/c1-6-7-20-14-23(15-21(16-31)26(20)36-19-29(4,30)18-32)28(2,3)22-8-10-25(11-9-22)35-17-24-12-13-33-27(34-24)37-5/h8-15H,6-7,17-19,32H2,1-5H3. The minimum atomic E-state index is -1.66. The number of alkyl halides is 1. The largest absolute Gasteiger partial charge is 0.489 e. The smallest absolute Gasteiger partial charge is 0.187 e. The molecule has 1 unspecified atom stereocenters. The second kappa shape index (κ2) is 12.4. The van der Waals surface area contributed by atoms with Crippen molar-refractivity contribution in [1.82, 2.24) is 9.97 Å². The number of nitrogens with zero attached hydrogens (tertiary/aromatic N) is 3. The van der Waals surface area contributed by atoms with Crippen LogP contribution >= 0.6 is 11.8 Å². The van der Waals surface area contributed by atoms with Crippen molar-refractivity contribution in [2.45, 2.75) is 63.4 Å². The van der Waals surface area contributed by atoms with Crippen LogP contribution in [0.3, 0.4) is 0 Å². The Morgan fingerprint density at radius 2 is 1.81 bits per heavy atom. The molecule has 0 fully saturated rings. The van der Waals surface area contributed by atoms with Crippen LogP contribution in [0.2, 0.25) is 0 Å². The molecular formula is C29H35FN4O2S. The number of hydrogen-bond acceptors (Lipinski definition) is 7. The molecule has 0 saturated carbocycles. The van der Waals surface area contributed by atoms with Gasteiger partial charge in [-0.2, -0.15) is 5.26 Å². The molecule has 2 aromatic carbocycles. The SMILES string of the molecule is CCCc1cc(C(C)(C)c2ccc(OCc3ccnc(SC)n3)cc2)cc(C#N)c1OCC(C)(F)CN. The summed E-state index contributed by atoms with van der Waals surface area (Å²) >= 11 is 1.49. The van der Waals surface area contributed by atoms with E-state index in [-0.39, 0.29) is 13.2 Å². The molecule has 0 aliphatic carbocycles. The van der Waals surface area contributed by atoms with E-state index < -0.39 is 11.1 Å². The van der Waals surface area contributed by atoms with Gasteiger partial charge in [-0.05, 0) is 60.6 Å². The molecule has 0 spiro atoms. The van der Waals surface area contributed by atoms with Gasteiger partial charge in [-0.3, -0.25) is 0 Å². The van der Waals surface area contributed by atoms with Crippen LogP contribution in [0.5, 0.6) is 11.5 Å². The number of ether oxygens (including phenoxy) is 2. The molecule has 1 aromatic heterocycles. The van der Waals surface area contributed by atoms with E-state index >= 15 is 0 Å². The Bertz CT molecular complexity index is 1240. The second-order valence-electron chi connectivity index (χ2n) is 9.75. The van der Waals surface area contributed by atoms with Crippen molar-refractivity contribution in [2.75, 3.05) is 19.4 Å². The number of nitrogens with two attached hydrogens (primary N) is 1. The third-order valence-electron chi connectivity index (χ3n) is 6.31. The Morgan fingerprint density at radius 3 is 2.43 bits per heavy atom. The van der Waals surface area contributed by atoms with Crippen molar-refractivity contribution in [3.8, 4) is 17.6 Å². The van der Waals surface area contributed by atoms with E-state index in [1.165, 1.54) is 18.7 Å². The maximum atomic E-state index is 14.4. The number of halogens is 1. The van der Waals surface area contributed by atoms with Crippen molar-refractivity contribution < 1.29 is 13.9 Å². The third-order valence-corrected chi connectivity index (χ3v) is 6.87. The second-order valence-corrected chi connectivity index (χ2v) is 10.5. The van der Waals surface area contributed by atoms with Crippen LogP contribution in [-0.2, 0) is 18.4 Å². The molecule has 0 bridgehead atoms. The highest BCUT2D eigenvalue weighted by atomic mass is 32.2. The highest BCUT2D eigenvalue weighted by Gasteiger charge is 2.28. The van der Waals surface area contributed by atoms with Gasteiger partial charge in [-0.15, -0.1) is 0 Å². The van der Waals surface area contributed by atoms with E-state index in [0.29, 0.717) is 29.5 Å². The number of hydrogen-bond donors (Lipinski definition) is 1. The monoisotopic (exact) mass is 522 g/mol. The molecule has 3 aromatic rings. The molecule has 1 heterocycles. The molecule has 2 N–H and O–H groups in total. The van der Waals surface area contributed by atoms with Crippen molar-refractivity contribution in [2.24, 2.45) is 5.73 Å². The molecule has 0 aliphatic rings. The lowest BCUT2D eigenvalue weighted by molar-refractivity contribution is 0.109. The first-order valence-electron chi connectivity index (χ1n) is 12.3. The zero-order chi connectivity index (χ0) is 27.1. The molecule has 37 heavy (non-hydrogen) atoms. The van der Waals surface area contributed by atoms with Gasteiger partial charge in [0, 0.05) is 18.2 Å². The molecular weight excluding hydrogens is 487 g/mol. The van der Waals surface area contributed by atoms with Gasteiger partial charge in [0.25, 0.3) is 0 Å². The van der Waals surface area contributed by atoms with Crippen molar-refractivity contribution in [3.05, 3.63) is 76.6 Å². The number of aryl methyl sites for hydroxylation is 1. The summed E-state index contributed by atoms with van der Waals surface area (Å²) in [5.74, 6) is 1.19. The van der Waals surface area contributed by atoms with Crippen LogP contribution in [0.1, 0.15) is 62.1 Å². The first kappa shape index (κ1) is 28.4. The third kappa shape index (κ3) is 7.21. The molecule has 6 nitrogen and oxygen atoms in total. The van der Waals surface area contributed by atoms with E-state index in [9.17, 15) is 9.65 Å². The molecule has 0 radical (unpaired) electrons. The van der Waals surface area contributed by atoms with Gasteiger partial charge in [0.15, 0.2) is 10.8 Å². The van der Waals surface area contributed by atoms with E-state index in [1.807, 2.05) is 42.7 Å². The molecule has 196 valence electrons. The molecule has 8 heteroatoms. The van der Waals surface area contributed by atoms with E-state index in [1.54, 1.807) is 6.20 Å². The predicted molar refractivity (Wildman–Crippen MR) is 146 cm³/mol. The van der Waals surface area contributed by atoms with Gasteiger partial charge < -0.3 is 15.2 Å². The summed E-state index contributed by atoms with van der Waals surface area (Å²) in [4.78, 5) is 8.63. The minimum Gasteiger partial charge on any atom is -0.489 e. The van der Waals surface area contributed by atoms with Gasteiger partial charge in [0.05, 0.1) is 11.3 Å². The number of thioether (sulfide) groups is 1. The van der Waals surface area contributed by atoms with Crippen molar-refractivity contribution >= 4 is 11.8 Å². The average molecular weight is 523 g/mol. The fourth-order valence-corrected chi connectivity index (χ4v) is 4.26. The molecule has 1 atom stereocenters. The Morgan fingerprint density at radius 1 is 1.08 bits per heavy atom. The highest BCUT2D eigenvalue weighted by molar-refractivity contribution is 7.98. The fourth-order valence-electron chi connectivity index (χ4n) is 3.89. The Kier molecular flexibility index (Phi) is 9.52. The van der Waals surface area contributed by atoms with Crippen LogP contribution in [0.4, 0.5) is 4.39 Å². The van der Waals surface area contributed by atoms with Crippen LogP contribution in [0.15, 0.2) is 53.8 Å². The average Bonchev–Trinajstić information content (AvgIpc) is 2.91. The van der Waals surface area contributed by atoms with E-state index in [4.69, 9.17) is 15.2 Å². The maximum Gasteiger partial charge on any atom is 0.187 e. The molecule has 0 aliphatic heterocycles. The van der Waals surface area contributed by atoms with Gasteiger partial charge in [-0.25, -0.2) is 14.4 Å². The Labute approximate surface area is 223 Å². The zero-order valence-corrected chi connectivity index (χ0v) is 23.0. The van der Waals surface area contributed by atoms with Crippen LogP contribution < -0.4 is 15.2 Å². The van der Waals surface area contributed by atoms with Gasteiger partial charge in [0.2, 0.25) is 0 Å². The predicted octanol–water partition coefficient (Wildman–Crippen LogP) is 5.99. The number of benzene rings is 2. The number of nitriles is 1. The number of rotatable bonds is 12. The summed E-state index contributed by atoms with van der Waals surface area (Å²) in [6, 6.07) is 16.0. The number of aromatic nitrogens is 2. The highest BCUT2D eigenvalue weighted by Crippen LogP contribution is 2.37. The lowest BCUT2D eigenvalue weighted by Crippen LogP contribution is -2.36.